The minimum atomic E-state index is -3.89. The molecule has 120 valence electrons. The molecule has 0 aliphatic rings. The zero-order valence-corrected chi connectivity index (χ0v) is 13.2. The van der Waals surface area contributed by atoms with Crippen molar-refractivity contribution in [2.75, 3.05) is 18.9 Å². The summed E-state index contributed by atoms with van der Waals surface area (Å²) in [6.45, 7) is 0. The van der Waals surface area contributed by atoms with Crippen molar-refractivity contribution in [3.05, 3.63) is 36.4 Å². The van der Waals surface area contributed by atoms with Crippen LogP contribution in [0.5, 0.6) is 11.5 Å². The minimum absolute atomic E-state index is 0.0279. The van der Waals surface area contributed by atoms with E-state index in [1.165, 1.54) is 26.4 Å². The topological polar surface area (TPSA) is 106 Å². The maximum atomic E-state index is 12.7. The van der Waals surface area contributed by atoms with Gasteiger partial charge in [-0.25, -0.2) is 8.42 Å². The molecule has 0 atom stereocenters. The maximum Gasteiger partial charge on any atom is 0.265 e. The quantitative estimate of drug-likeness (QED) is 0.736. The number of methoxy groups -OCH3 is 2. The second kappa shape index (κ2) is 5.76. The molecule has 0 radical (unpaired) electrons. The van der Waals surface area contributed by atoms with Gasteiger partial charge in [0.15, 0.2) is 0 Å². The Morgan fingerprint density at radius 3 is 2.65 bits per heavy atom. The molecule has 0 unspecified atom stereocenters. The molecular weight excluding hydrogens is 320 g/mol. The highest BCUT2D eigenvalue weighted by atomic mass is 32.2. The van der Waals surface area contributed by atoms with Crippen molar-refractivity contribution in [3.63, 3.8) is 0 Å². The number of aromatic nitrogens is 3. The SMILES string of the molecule is COc1ccc(OC)c(S(=O)(=O)Nc2cccc3n[nH]nc23)c1. The molecule has 2 N–H and O–H groups in total. The predicted molar refractivity (Wildman–Crippen MR) is 84.2 cm³/mol. The van der Waals surface area contributed by atoms with Crippen molar-refractivity contribution < 1.29 is 17.9 Å². The van der Waals surface area contributed by atoms with Gasteiger partial charge in [-0.1, -0.05) is 6.07 Å². The van der Waals surface area contributed by atoms with E-state index < -0.39 is 10.0 Å². The second-order valence-corrected chi connectivity index (χ2v) is 6.27. The number of H-pyrrole nitrogens is 1. The molecule has 23 heavy (non-hydrogen) atoms. The summed E-state index contributed by atoms with van der Waals surface area (Å²) >= 11 is 0. The van der Waals surface area contributed by atoms with Gasteiger partial charge in [0.1, 0.15) is 27.4 Å². The number of hydrogen-bond donors (Lipinski definition) is 2. The molecule has 0 fully saturated rings. The Morgan fingerprint density at radius 1 is 1.09 bits per heavy atom. The fraction of sp³-hybridized carbons (Fsp3) is 0.143. The van der Waals surface area contributed by atoms with Gasteiger partial charge >= 0.3 is 0 Å². The van der Waals surface area contributed by atoms with Crippen molar-refractivity contribution in [1.82, 2.24) is 15.4 Å². The Bertz CT molecular complexity index is 952. The molecule has 0 amide bonds. The molecule has 2 aromatic carbocycles. The Kier molecular flexibility index (Phi) is 3.78. The molecule has 1 heterocycles. The van der Waals surface area contributed by atoms with Crippen LogP contribution in [0.15, 0.2) is 41.3 Å². The third-order valence-corrected chi connectivity index (χ3v) is 4.64. The third kappa shape index (κ3) is 2.78. The number of benzene rings is 2. The van der Waals surface area contributed by atoms with Crippen molar-refractivity contribution in [3.8, 4) is 11.5 Å². The molecule has 0 saturated heterocycles. The molecule has 3 aromatic rings. The van der Waals surface area contributed by atoms with Crippen LogP contribution in [0.25, 0.3) is 11.0 Å². The first-order valence-corrected chi connectivity index (χ1v) is 8.08. The highest BCUT2D eigenvalue weighted by molar-refractivity contribution is 7.92. The average Bonchev–Trinajstić information content (AvgIpc) is 3.03. The number of para-hydroxylation sites is 1. The van der Waals surface area contributed by atoms with Gasteiger partial charge in [0.05, 0.1) is 19.9 Å². The van der Waals surface area contributed by atoms with Gasteiger partial charge in [0.25, 0.3) is 10.0 Å². The van der Waals surface area contributed by atoms with Crippen molar-refractivity contribution in [2.45, 2.75) is 4.90 Å². The summed E-state index contributed by atoms with van der Waals surface area (Å²) in [6.07, 6.45) is 0. The van der Waals surface area contributed by atoms with Gasteiger partial charge in [-0.05, 0) is 24.3 Å². The van der Waals surface area contributed by atoms with Crippen molar-refractivity contribution in [1.29, 1.82) is 0 Å². The number of hydrogen-bond acceptors (Lipinski definition) is 6. The number of rotatable bonds is 5. The van der Waals surface area contributed by atoms with E-state index in [4.69, 9.17) is 9.47 Å². The molecular formula is C14H14N4O4S. The molecule has 0 saturated carbocycles. The summed E-state index contributed by atoms with van der Waals surface area (Å²) in [5.41, 5.74) is 1.31. The van der Waals surface area contributed by atoms with Gasteiger partial charge < -0.3 is 9.47 Å². The van der Waals surface area contributed by atoms with Gasteiger partial charge in [0, 0.05) is 6.07 Å². The van der Waals surface area contributed by atoms with E-state index >= 15 is 0 Å². The highest BCUT2D eigenvalue weighted by Gasteiger charge is 2.22. The fourth-order valence-corrected chi connectivity index (χ4v) is 3.40. The lowest BCUT2D eigenvalue weighted by Crippen LogP contribution is -2.14. The van der Waals surface area contributed by atoms with Gasteiger partial charge in [-0.3, -0.25) is 4.72 Å². The Balaban J connectivity index is 2.07. The van der Waals surface area contributed by atoms with E-state index in [2.05, 4.69) is 20.1 Å². The lowest BCUT2D eigenvalue weighted by molar-refractivity contribution is 0.392. The Morgan fingerprint density at radius 2 is 1.91 bits per heavy atom. The normalized spacial score (nSPS) is 11.4. The summed E-state index contributed by atoms with van der Waals surface area (Å²) in [7, 11) is -1.03. The van der Waals surface area contributed by atoms with Crippen LogP contribution in [0.2, 0.25) is 0 Å². The Labute approximate surface area is 132 Å². The van der Waals surface area contributed by atoms with E-state index in [1.807, 2.05) is 0 Å². The van der Waals surface area contributed by atoms with E-state index in [-0.39, 0.29) is 10.6 Å². The lowest BCUT2D eigenvalue weighted by Gasteiger charge is -2.13. The monoisotopic (exact) mass is 334 g/mol. The number of nitrogens with one attached hydrogen (secondary N) is 2. The van der Waals surface area contributed by atoms with Crippen molar-refractivity contribution >= 4 is 26.7 Å². The zero-order chi connectivity index (χ0) is 16.4. The summed E-state index contributed by atoms with van der Waals surface area (Å²) in [5, 5.41) is 10.3. The summed E-state index contributed by atoms with van der Waals surface area (Å²) < 4.78 is 38.1. The number of fused-ring (bicyclic) bond motifs is 1. The van der Waals surface area contributed by atoms with Crippen LogP contribution in [0.1, 0.15) is 0 Å². The summed E-state index contributed by atoms with van der Waals surface area (Å²) in [5.74, 6) is 0.622. The minimum Gasteiger partial charge on any atom is -0.497 e. The molecule has 0 spiro atoms. The molecule has 0 bridgehead atoms. The zero-order valence-electron chi connectivity index (χ0n) is 12.4. The summed E-state index contributed by atoms with van der Waals surface area (Å²) in [4.78, 5) is -0.0279. The van der Waals surface area contributed by atoms with Crippen LogP contribution in [-0.4, -0.2) is 38.0 Å². The van der Waals surface area contributed by atoms with E-state index in [9.17, 15) is 8.42 Å². The van der Waals surface area contributed by atoms with Crippen LogP contribution >= 0.6 is 0 Å². The fourth-order valence-electron chi connectivity index (χ4n) is 2.14. The van der Waals surface area contributed by atoms with Crippen LogP contribution in [0, 0.1) is 0 Å². The molecule has 0 aliphatic carbocycles. The number of anilines is 1. The van der Waals surface area contributed by atoms with E-state index in [1.54, 1.807) is 24.3 Å². The number of aromatic amines is 1. The molecule has 3 rings (SSSR count). The lowest BCUT2D eigenvalue weighted by atomic mass is 10.3. The van der Waals surface area contributed by atoms with Crippen molar-refractivity contribution in [2.24, 2.45) is 0 Å². The third-order valence-electron chi connectivity index (χ3n) is 3.25. The standard InChI is InChI=1S/C14H14N4O4S/c1-21-9-6-7-12(22-2)13(8-9)23(19,20)17-11-5-3-4-10-14(11)16-18-15-10/h3-8,17H,1-2H3,(H,15,16,18). The van der Waals surface area contributed by atoms with Gasteiger partial charge in [0.2, 0.25) is 0 Å². The number of sulfonamides is 1. The maximum absolute atomic E-state index is 12.7. The number of nitrogens with zero attached hydrogens (tertiary/aromatic N) is 2. The molecule has 1 aromatic heterocycles. The predicted octanol–water partition coefficient (Wildman–Crippen LogP) is 1.78. The van der Waals surface area contributed by atoms with Crippen LogP contribution in [0.3, 0.4) is 0 Å². The van der Waals surface area contributed by atoms with Gasteiger partial charge in [-0.15, -0.1) is 0 Å². The van der Waals surface area contributed by atoms with Crippen LogP contribution in [0.4, 0.5) is 5.69 Å². The van der Waals surface area contributed by atoms with E-state index in [0.29, 0.717) is 22.5 Å². The van der Waals surface area contributed by atoms with E-state index in [0.717, 1.165) is 0 Å². The van der Waals surface area contributed by atoms with Crippen LogP contribution in [-0.2, 0) is 10.0 Å². The number of ether oxygens (including phenoxy) is 2. The largest absolute Gasteiger partial charge is 0.497 e. The summed E-state index contributed by atoms with van der Waals surface area (Å²) in [6, 6.07) is 9.56. The first-order chi connectivity index (χ1) is 11.0. The Hall–Kier alpha value is -2.81. The molecule has 8 nitrogen and oxygen atoms in total. The van der Waals surface area contributed by atoms with Gasteiger partial charge in [-0.2, -0.15) is 15.4 Å². The first-order valence-electron chi connectivity index (χ1n) is 6.59. The van der Waals surface area contributed by atoms with Crippen LogP contribution < -0.4 is 14.2 Å². The molecule has 9 heteroatoms. The highest BCUT2D eigenvalue weighted by Crippen LogP contribution is 2.30. The first kappa shape index (κ1) is 15.1. The second-order valence-electron chi connectivity index (χ2n) is 4.62. The smallest absolute Gasteiger partial charge is 0.265 e. The average molecular weight is 334 g/mol. The molecule has 0 aliphatic heterocycles.